The summed E-state index contributed by atoms with van der Waals surface area (Å²) in [6.07, 6.45) is 3.68. The van der Waals surface area contributed by atoms with Crippen LogP contribution >= 0.6 is 0 Å². The SMILES string of the molecule is CCC(C)C1CN(CCOCCC(C)C)C(C)CCN1. The molecule has 1 saturated heterocycles. The zero-order valence-corrected chi connectivity index (χ0v) is 14.3. The van der Waals surface area contributed by atoms with Crippen molar-refractivity contribution < 1.29 is 4.74 Å². The molecule has 1 aliphatic rings. The summed E-state index contributed by atoms with van der Waals surface area (Å²) in [5, 5.41) is 3.73. The molecule has 0 aromatic rings. The van der Waals surface area contributed by atoms with Crippen molar-refractivity contribution in [3.63, 3.8) is 0 Å². The standard InChI is InChI=1S/C17H36N2O/c1-6-15(4)17-13-19(16(5)7-9-18-17)10-12-20-11-8-14(2)3/h14-18H,6-13H2,1-5H3. The van der Waals surface area contributed by atoms with E-state index in [9.17, 15) is 0 Å². The monoisotopic (exact) mass is 284 g/mol. The molecule has 0 spiro atoms. The van der Waals surface area contributed by atoms with Gasteiger partial charge in [0.15, 0.2) is 0 Å². The first-order valence-electron chi connectivity index (χ1n) is 8.59. The summed E-state index contributed by atoms with van der Waals surface area (Å²) in [5.74, 6) is 1.50. The van der Waals surface area contributed by atoms with E-state index in [2.05, 4.69) is 44.8 Å². The number of hydrogen-bond donors (Lipinski definition) is 1. The molecule has 3 unspecified atom stereocenters. The maximum Gasteiger partial charge on any atom is 0.0593 e. The molecule has 3 atom stereocenters. The minimum atomic E-state index is 0.639. The van der Waals surface area contributed by atoms with E-state index in [1.54, 1.807) is 0 Å². The molecule has 1 fully saturated rings. The number of nitrogens with zero attached hydrogens (tertiary/aromatic N) is 1. The fourth-order valence-corrected chi connectivity index (χ4v) is 2.74. The third kappa shape index (κ3) is 6.55. The van der Waals surface area contributed by atoms with E-state index in [-0.39, 0.29) is 0 Å². The lowest BCUT2D eigenvalue weighted by Crippen LogP contribution is -2.44. The summed E-state index contributed by atoms with van der Waals surface area (Å²) in [4.78, 5) is 2.62. The Bertz CT molecular complexity index is 245. The summed E-state index contributed by atoms with van der Waals surface area (Å²) >= 11 is 0. The van der Waals surface area contributed by atoms with Crippen LogP contribution in [0.1, 0.15) is 53.9 Å². The zero-order chi connectivity index (χ0) is 15.0. The van der Waals surface area contributed by atoms with Gasteiger partial charge in [-0.15, -0.1) is 0 Å². The molecule has 20 heavy (non-hydrogen) atoms. The Hall–Kier alpha value is -0.120. The Morgan fingerprint density at radius 1 is 1.25 bits per heavy atom. The van der Waals surface area contributed by atoms with Crippen molar-refractivity contribution in [3.05, 3.63) is 0 Å². The highest BCUT2D eigenvalue weighted by Gasteiger charge is 2.25. The number of hydrogen-bond acceptors (Lipinski definition) is 3. The lowest BCUT2D eigenvalue weighted by atomic mass is 9.99. The number of nitrogens with one attached hydrogen (secondary N) is 1. The maximum absolute atomic E-state index is 5.80. The molecule has 1 N–H and O–H groups in total. The predicted octanol–water partition coefficient (Wildman–Crippen LogP) is 3.15. The van der Waals surface area contributed by atoms with E-state index in [4.69, 9.17) is 4.74 Å². The Labute approximate surface area is 126 Å². The first-order valence-corrected chi connectivity index (χ1v) is 8.59. The Morgan fingerprint density at radius 2 is 2.00 bits per heavy atom. The van der Waals surface area contributed by atoms with Gasteiger partial charge in [-0.1, -0.05) is 34.1 Å². The van der Waals surface area contributed by atoms with Gasteiger partial charge >= 0.3 is 0 Å². The average molecular weight is 284 g/mol. The van der Waals surface area contributed by atoms with Gasteiger partial charge < -0.3 is 10.1 Å². The van der Waals surface area contributed by atoms with Gasteiger partial charge in [-0.25, -0.2) is 0 Å². The second-order valence-electron chi connectivity index (χ2n) is 6.87. The van der Waals surface area contributed by atoms with Crippen molar-refractivity contribution in [1.82, 2.24) is 10.2 Å². The molecule has 1 heterocycles. The van der Waals surface area contributed by atoms with Crippen molar-refractivity contribution in [2.24, 2.45) is 11.8 Å². The first kappa shape index (κ1) is 17.9. The maximum atomic E-state index is 5.80. The Kier molecular flexibility index (Phi) is 8.74. The van der Waals surface area contributed by atoms with Crippen molar-refractivity contribution in [3.8, 4) is 0 Å². The summed E-state index contributed by atoms with van der Waals surface area (Å²) in [7, 11) is 0. The molecule has 0 radical (unpaired) electrons. The second-order valence-corrected chi connectivity index (χ2v) is 6.87. The fraction of sp³-hybridized carbons (Fsp3) is 1.00. The molecule has 0 saturated carbocycles. The average Bonchev–Trinajstić information content (AvgIpc) is 2.59. The first-order chi connectivity index (χ1) is 9.54. The third-order valence-corrected chi connectivity index (χ3v) is 4.72. The summed E-state index contributed by atoms with van der Waals surface area (Å²) < 4.78 is 5.80. The van der Waals surface area contributed by atoms with Gasteiger partial charge in [0.05, 0.1) is 6.61 Å². The smallest absolute Gasteiger partial charge is 0.0593 e. The highest BCUT2D eigenvalue weighted by Crippen LogP contribution is 2.15. The zero-order valence-electron chi connectivity index (χ0n) is 14.3. The summed E-state index contributed by atoms with van der Waals surface area (Å²) in [6.45, 7) is 16.7. The van der Waals surface area contributed by atoms with Gasteiger partial charge in [-0.3, -0.25) is 4.90 Å². The van der Waals surface area contributed by atoms with Crippen LogP contribution in [0.2, 0.25) is 0 Å². The van der Waals surface area contributed by atoms with E-state index in [0.717, 1.165) is 38.1 Å². The minimum absolute atomic E-state index is 0.639. The lowest BCUT2D eigenvalue weighted by molar-refractivity contribution is 0.0802. The molecule has 3 heteroatoms. The van der Waals surface area contributed by atoms with Gasteiger partial charge in [0.25, 0.3) is 0 Å². The van der Waals surface area contributed by atoms with Crippen LogP contribution in [0, 0.1) is 11.8 Å². The second kappa shape index (κ2) is 9.75. The molecule has 0 aromatic heterocycles. The Balaban J connectivity index is 2.32. The van der Waals surface area contributed by atoms with Crippen molar-refractivity contribution >= 4 is 0 Å². The van der Waals surface area contributed by atoms with Gasteiger partial charge in [-0.2, -0.15) is 0 Å². The van der Waals surface area contributed by atoms with Crippen LogP contribution in [-0.2, 0) is 4.74 Å². The van der Waals surface area contributed by atoms with E-state index in [1.807, 2.05) is 0 Å². The van der Waals surface area contributed by atoms with Crippen LogP contribution in [0.5, 0.6) is 0 Å². The lowest BCUT2D eigenvalue weighted by Gasteiger charge is -2.31. The van der Waals surface area contributed by atoms with Crippen molar-refractivity contribution in [2.45, 2.75) is 66.0 Å². The molecule has 1 rings (SSSR count). The molecule has 1 aliphatic heterocycles. The Morgan fingerprint density at radius 3 is 2.65 bits per heavy atom. The summed E-state index contributed by atoms with van der Waals surface area (Å²) in [6, 6.07) is 1.31. The van der Waals surface area contributed by atoms with E-state index < -0.39 is 0 Å². The largest absolute Gasteiger partial charge is 0.380 e. The molecular weight excluding hydrogens is 248 g/mol. The molecular formula is C17H36N2O. The number of rotatable bonds is 8. The van der Waals surface area contributed by atoms with Gasteiger partial charge in [-0.05, 0) is 38.1 Å². The molecule has 120 valence electrons. The molecule has 3 nitrogen and oxygen atoms in total. The van der Waals surface area contributed by atoms with E-state index in [0.29, 0.717) is 12.1 Å². The highest BCUT2D eigenvalue weighted by atomic mass is 16.5. The van der Waals surface area contributed by atoms with Crippen LogP contribution in [0.4, 0.5) is 0 Å². The predicted molar refractivity (Wildman–Crippen MR) is 87.2 cm³/mol. The van der Waals surface area contributed by atoms with Gasteiger partial charge in [0.2, 0.25) is 0 Å². The molecule has 0 aromatic carbocycles. The van der Waals surface area contributed by atoms with Crippen LogP contribution in [-0.4, -0.2) is 49.8 Å². The molecule has 0 aliphatic carbocycles. The highest BCUT2D eigenvalue weighted by molar-refractivity contribution is 4.83. The molecule has 0 amide bonds. The summed E-state index contributed by atoms with van der Waals surface area (Å²) in [5.41, 5.74) is 0. The van der Waals surface area contributed by atoms with Gasteiger partial charge in [0, 0.05) is 31.8 Å². The van der Waals surface area contributed by atoms with E-state index in [1.165, 1.54) is 25.8 Å². The number of ether oxygens (including phenoxy) is 1. The van der Waals surface area contributed by atoms with Crippen LogP contribution in [0.25, 0.3) is 0 Å². The minimum Gasteiger partial charge on any atom is -0.380 e. The normalized spacial score (nSPS) is 26.7. The van der Waals surface area contributed by atoms with Crippen LogP contribution < -0.4 is 5.32 Å². The van der Waals surface area contributed by atoms with Crippen molar-refractivity contribution in [1.29, 1.82) is 0 Å². The quantitative estimate of drug-likeness (QED) is 0.693. The molecule has 0 bridgehead atoms. The fourth-order valence-electron chi connectivity index (χ4n) is 2.74. The van der Waals surface area contributed by atoms with Crippen LogP contribution in [0.3, 0.4) is 0 Å². The van der Waals surface area contributed by atoms with Gasteiger partial charge in [0.1, 0.15) is 0 Å². The van der Waals surface area contributed by atoms with Crippen molar-refractivity contribution in [2.75, 3.05) is 32.8 Å². The van der Waals surface area contributed by atoms with Crippen LogP contribution in [0.15, 0.2) is 0 Å². The topological polar surface area (TPSA) is 24.5 Å². The van der Waals surface area contributed by atoms with E-state index >= 15 is 0 Å². The third-order valence-electron chi connectivity index (χ3n) is 4.72.